The molecule has 0 saturated heterocycles. The van der Waals surface area contributed by atoms with Crippen LogP contribution < -0.4 is 5.32 Å². The molecule has 2 N–H and O–H groups in total. The lowest BCUT2D eigenvalue weighted by Crippen LogP contribution is -2.34. The smallest absolute Gasteiger partial charge is 0.407 e. The van der Waals surface area contributed by atoms with Gasteiger partial charge in [-0.25, -0.2) is 4.79 Å². The SMILES string of the molecule is O=C(NC[C@@H](CC1CCCC1)C(=O)O)OCc1ccccc1. The lowest BCUT2D eigenvalue weighted by atomic mass is 9.93. The van der Waals surface area contributed by atoms with Gasteiger partial charge < -0.3 is 15.2 Å². The van der Waals surface area contributed by atoms with Crippen LogP contribution in [0.25, 0.3) is 0 Å². The first-order valence-electron chi connectivity index (χ1n) is 7.82. The first kappa shape index (κ1) is 16.3. The summed E-state index contributed by atoms with van der Waals surface area (Å²) in [7, 11) is 0. The molecule has 0 bridgehead atoms. The van der Waals surface area contributed by atoms with E-state index in [1.54, 1.807) is 0 Å². The van der Waals surface area contributed by atoms with Crippen molar-refractivity contribution in [2.24, 2.45) is 11.8 Å². The molecule has 22 heavy (non-hydrogen) atoms. The molecule has 1 saturated carbocycles. The Morgan fingerprint density at radius 2 is 1.91 bits per heavy atom. The predicted molar refractivity (Wildman–Crippen MR) is 82.3 cm³/mol. The molecular weight excluding hydrogens is 282 g/mol. The van der Waals surface area contributed by atoms with Crippen LogP contribution in [0.2, 0.25) is 0 Å². The van der Waals surface area contributed by atoms with Crippen molar-refractivity contribution in [1.29, 1.82) is 0 Å². The van der Waals surface area contributed by atoms with E-state index in [4.69, 9.17) is 4.74 Å². The lowest BCUT2D eigenvalue weighted by molar-refractivity contribution is -0.142. The van der Waals surface area contributed by atoms with E-state index < -0.39 is 18.0 Å². The van der Waals surface area contributed by atoms with Crippen molar-refractivity contribution in [2.75, 3.05) is 6.54 Å². The second-order valence-electron chi connectivity index (χ2n) is 5.86. The molecule has 1 fully saturated rings. The first-order chi connectivity index (χ1) is 10.6. The van der Waals surface area contributed by atoms with E-state index in [2.05, 4.69) is 5.32 Å². The van der Waals surface area contributed by atoms with Crippen molar-refractivity contribution in [1.82, 2.24) is 5.32 Å². The van der Waals surface area contributed by atoms with E-state index in [-0.39, 0.29) is 13.2 Å². The van der Waals surface area contributed by atoms with Gasteiger partial charge in [0.15, 0.2) is 0 Å². The molecule has 1 aliphatic carbocycles. The molecular formula is C17H23NO4. The molecule has 1 aliphatic rings. The Morgan fingerprint density at radius 3 is 2.55 bits per heavy atom. The molecule has 1 amide bonds. The van der Waals surface area contributed by atoms with Crippen molar-refractivity contribution >= 4 is 12.1 Å². The van der Waals surface area contributed by atoms with Crippen LogP contribution in [0.15, 0.2) is 30.3 Å². The minimum atomic E-state index is -0.852. The van der Waals surface area contributed by atoms with Gasteiger partial charge >= 0.3 is 12.1 Å². The van der Waals surface area contributed by atoms with Crippen LogP contribution in [0.5, 0.6) is 0 Å². The molecule has 5 heteroatoms. The highest BCUT2D eigenvalue weighted by Crippen LogP contribution is 2.30. The number of carboxylic acid groups (broad SMARTS) is 1. The van der Waals surface area contributed by atoms with Crippen LogP contribution >= 0.6 is 0 Å². The molecule has 5 nitrogen and oxygen atoms in total. The molecule has 0 spiro atoms. The fourth-order valence-electron chi connectivity index (χ4n) is 2.90. The number of rotatable bonds is 7. The van der Waals surface area contributed by atoms with Crippen molar-refractivity contribution in [3.05, 3.63) is 35.9 Å². The third-order valence-electron chi connectivity index (χ3n) is 4.15. The van der Waals surface area contributed by atoms with Crippen molar-refractivity contribution in [3.8, 4) is 0 Å². The number of carbonyl (C=O) groups is 2. The van der Waals surface area contributed by atoms with Gasteiger partial charge in [0.05, 0.1) is 5.92 Å². The molecule has 1 aromatic rings. The van der Waals surface area contributed by atoms with Gasteiger partial charge in [-0.1, -0.05) is 56.0 Å². The van der Waals surface area contributed by atoms with Crippen LogP contribution in [0.4, 0.5) is 4.79 Å². The second-order valence-corrected chi connectivity index (χ2v) is 5.86. The lowest BCUT2D eigenvalue weighted by Gasteiger charge is -2.17. The Hall–Kier alpha value is -2.04. The van der Waals surface area contributed by atoms with E-state index in [1.807, 2.05) is 30.3 Å². The number of carboxylic acids is 1. The summed E-state index contributed by atoms with van der Waals surface area (Å²) in [6.45, 7) is 0.312. The Balaban J connectivity index is 1.71. The molecule has 1 atom stereocenters. The summed E-state index contributed by atoms with van der Waals surface area (Å²) in [4.78, 5) is 22.9. The molecule has 0 heterocycles. The largest absolute Gasteiger partial charge is 0.481 e. The predicted octanol–water partition coefficient (Wildman–Crippen LogP) is 3.19. The molecule has 0 radical (unpaired) electrons. The number of alkyl carbamates (subject to hydrolysis) is 1. The third kappa shape index (κ3) is 5.39. The van der Waals surface area contributed by atoms with Gasteiger partial charge in [0.25, 0.3) is 0 Å². The van der Waals surface area contributed by atoms with Gasteiger partial charge in [0, 0.05) is 6.54 Å². The van der Waals surface area contributed by atoms with Crippen molar-refractivity contribution < 1.29 is 19.4 Å². The van der Waals surface area contributed by atoms with Gasteiger partial charge in [0.1, 0.15) is 6.61 Å². The Morgan fingerprint density at radius 1 is 1.23 bits per heavy atom. The molecule has 120 valence electrons. The number of ether oxygens (including phenoxy) is 1. The first-order valence-corrected chi connectivity index (χ1v) is 7.82. The Bertz CT molecular complexity index is 483. The number of hydrogen-bond acceptors (Lipinski definition) is 3. The van der Waals surface area contributed by atoms with E-state index in [1.165, 1.54) is 12.8 Å². The topological polar surface area (TPSA) is 75.6 Å². The number of aliphatic carboxylic acids is 1. The minimum absolute atomic E-state index is 0.124. The van der Waals surface area contributed by atoms with Crippen molar-refractivity contribution in [3.63, 3.8) is 0 Å². The standard InChI is InChI=1S/C17H23NO4/c19-16(20)15(10-13-6-4-5-7-13)11-18-17(21)22-12-14-8-2-1-3-9-14/h1-3,8-9,13,15H,4-7,10-12H2,(H,18,21)(H,19,20)/t15-/m1/s1. The third-order valence-corrected chi connectivity index (χ3v) is 4.15. The van der Waals surface area contributed by atoms with E-state index in [0.717, 1.165) is 18.4 Å². The van der Waals surface area contributed by atoms with Crippen LogP contribution in [0, 0.1) is 11.8 Å². The summed E-state index contributed by atoms with van der Waals surface area (Å²) in [5, 5.41) is 11.8. The number of benzene rings is 1. The zero-order chi connectivity index (χ0) is 15.8. The molecule has 1 aromatic carbocycles. The summed E-state index contributed by atoms with van der Waals surface area (Å²) < 4.78 is 5.09. The Labute approximate surface area is 130 Å². The molecule has 0 aliphatic heterocycles. The van der Waals surface area contributed by atoms with Crippen LogP contribution in [-0.4, -0.2) is 23.7 Å². The van der Waals surface area contributed by atoms with E-state index in [9.17, 15) is 14.7 Å². The second kappa shape index (κ2) is 8.41. The van der Waals surface area contributed by atoms with Gasteiger partial charge in [-0.05, 0) is 17.9 Å². The van der Waals surface area contributed by atoms with Gasteiger partial charge in [-0.2, -0.15) is 0 Å². The summed E-state index contributed by atoms with van der Waals surface area (Å²) >= 11 is 0. The highest BCUT2D eigenvalue weighted by atomic mass is 16.5. The maximum absolute atomic E-state index is 11.7. The molecule has 0 aromatic heterocycles. The van der Waals surface area contributed by atoms with Crippen LogP contribution in [-0.2, 0) is 16.1 Å². The summed E-state index contributed by atoms with van der Waals surface area (Å²) in [5.74, 6) is -0.911. The minimum Gasteiger partial charge on any atom is -0.481 e. The Kier molecular flexibility index (Phi) is 6.25. The fourth-order valence-corrected chi connectivity index (χ4v) is 2.90. The number of carbonyl (C=O) groups excluding carboxylic acids is 1. The summed E-state index contributed by atoms with van der Waals surface area (Å²) in [6, 6.07) is 9.38. The quantitative estimate of drug-likeness (QED) is 0.811. The van der Waals surface area contributed by atoms with Gasteiger partial charge in [-0.15, -0.1) is 0 Å². The monoisotopic (exact) mass is 305 g/mol. The van der Waals surface area contributed by atoms with E-state index >= 15 is 0 Å². The van der Waals surface area contributed by atoms with Crippen molar-refractivity contribution in [2.45, 2.75) is 38.7 Å². The van der Waals surface area contributed by atoms with Gasteiger partial charge in [0.2, 0.25) is 0 Å². The highest BCUT2D eigenvalue weighted by molar-refractivity contribution is 5.72. The fraction of sp³-hybridized carbons (Fsp3) is 0.529. The van der Waals surface area contributed by atoms with Gasteiger partial charge in [-0.3, -0.25) is 4.79 Å². The number of amides is 1. The zero-order valence-corrected chi connectivity index (χ0v) is 12.7. The average molecular weight is 305 g/mol. The summed E-state index contributed by atoms with van der Waals surface area (Å²) in [6.07, 6.45) is 4.63. The number of hydrogen-bond donors (Lipinski definition) is 2. The van der Waals surface area contributed by atoms with Crippen LogP contribution in [0.1, 0.15) is 37.7 Å². The normalized spacial score (nSPS) is 16.2. The summed E-state index contributed by atoms with van der Waals surface area (Å²) in [5.41, 5.74) is 0.901. The maximum Gasteiger partial charge on any atom is 0.407 e. The van der Waals surface area contributed by atoms with E-state index in [0.29, 0.717) is 12.3 Å². The highest BCUT2D eigenvalue weighted by Gasteiger charge is 2.25. The molecule has 2 rings (SSSR count). The zero-order valence-electron chi connectivity index (χ0n) is 12.7. The number of nitrogens with one attached hydrogen (secondary N) is 1. The molecule has 0 unspecified atom stereocenters. The average Bonchev–Trinajstić information content (AvgIpc) is 3.03. The van der Waals surface area contributed by atoms with Crippen LogP contribution in [0.3, 0.4) is 0 Å². The maximum atomic E-state index is 11.7.